The van der Waals surface area contributed by atoms with Gasteiger partial charge in [-0.2, -0.15) is 0 Å². The molecule has 14 heteroatoms. The molecule has 4 aliphatic rings. The number of nitrogens with one attached hydrogen (secondary N) is 2. The van der Waals surface area contributed by atoms with Crippen LogP contribution in [0.3, 0.4) is 0 Å². The van der Waals surface area contributed by atoms with Gasteiger partial charge < -0.3 is 20.7 Å². The Kier molecular flexibility index (Phi) is 6.87. The van der Waals surface area contributed by atoms with E-state index in [4.69, 9.17) is 10.5 Å². The lowest BCUT2D eigenvalue weighted by Gasteiger charge is -2.26. The lowest BCUT2D eigenvalue weighted by Crippen LogP contribution is -2.57. The molecule has 0 aromatic heterocycles. The largest absolute Gasteiger partial charge is 0.444 e. The smallest absolute Gasteiger partial charge is 0.410 e. The van der Waals surface area contributed by atoms with Crippen LogP contribution in [0, 0.1) is 11.7 Å². The molecule has 1 aromatic rings. The Balaban J connectivity index is 1.26. The SMILES string of the molecule is C=CC1CC1(NC(=O)C1CC(OC(=O)N2Cc3cccc(F)c3C2)CN1C(=O)CN)C(=O)NS(=O)(=O)C1CC1. The highest BCUT2D eigenvalue weighted by Gasteiger charge is 2.62. The van der Waals surface area contributed by atoms with Crippen molar-refractivity contribution in [1.29, 1.82) is 0 Å². The summed E-state index contributed by atoms with van der Waals surface area (Å²) in [7, 11) is -3.85. The highest BCUT2D eigenvalue weighted by Crippen LogP contribution is 2.45. The molecule has 4 unspecified atom stereocenters. The van der Waals surface area contributed by atoms with Crippen LogP contribution in [0.5, 0.6) is 0 Å². The Hall–Kier alpha value is -3.52. The van der Waals surface area contributed by atoms with E-state index in [9.17, 15) is 32.0 Å². The molecule has 2 heterocycles. The predicted octanol–water partition coefficient (Wildman–Crippen LogP) is -0.125. The fourth-order valence-electron chi connectivity index (χ4n) is 5.27. The van der Waals surface area contributed by atoms with E-state index in [0.717, 1.165) is 0 Å². The first-order valence-corrected chi connectivity index (χ1v) is 14.3. The molecule has 4 atom stereocenters. The fraction of sp³-hybridized carbons (Fsp3) is 0.520. The second-order valence-corrected chi connectivity index (χ2v) is 12.4. The van der Waals surface area contributed by atoms with Gasteiger partial charge in [0, 0.05) is 24.4 Å². The summed E-state index contributed by atoms with van der Waals surface area (Å²) in [5.74, 6) is -3.03. The fourth-order valence-corrected chi connectivity index (χ4v) is 6.63. The second kappa shape index (κ2) is 9.90. The molecule has 4 amide bonds. The summed E-state index contributed by atoms with van der Waals surface area (Å²) < 4.78 is 46.4. The van der Waals surface area contributed by atoms with Gasteiger partial charge in [0.15, 0.2) is 0 Å². The van der Waals surface area contributed by atoms with E-state index >= 15 is 0 Å². The van der Waals surface area contributed by atoms with Crippen LogP contribution in [-0.4, -0.2) is 78.1 Å². The van der Waals surface area contributed by atoms with Crippen molar-refractivity contribution in [2.75, 3.05) is 13.1 Å². The number of amides is 4. The normalized spacial score (nSPS) is 27.5. The molecule has 0 radical (unpaired) electrons. The van der Waals surface area contributed by atoms with Crippen LogP contribution in [0.15, 0.2) is 30.9 Å². The van der Waals surface area contributed by atoms with Crippen molar-refractivity contribution in [3.63, 3.8) is 0 Å². The summed E-state index contributed by atoms with van der Waals surface area (Å²) in [4.78, 5) is 54.3. The van der Waals surface area contributed by atoms with Gasteiger partial charge in [-0.15, -0.1) is 6.58 Å². The van der Waals surface area contributed by atoms with E-state index in [2.05, 4.69) is 16.6 Å². The molecule has 0 bridgehead atoms. The van der Waals surface area contributed by atoms with Gasteiger partial charge in [-0.25, -0.2) is 17.6 Å². The first-order valence-electron chi connectivity index (χ1n) is 12.7. The van der Waals surface area contributed by atoms with Crippen molar-refractivity contribution in [3.8, 4) is 0 Å². The quantitative estimate of drug-likeness (QED) is 0.368. The van der Waals surface area contributed by atoms with Crippen LogP contribution in [0.2, 0.25) is 0 Å². The van der Waals surface area contributed by atoms with Crippen molar-refractivity contribution in [3.05, 3.63) is 47.8 Å². The summed E-state index contributed by atoms with van der Waals surface area (Å²) in [6.45, 7) is 3.36. The number of halogens is 1. The van der Waals surface area contributed by atoms with Crippen LogP contribution in [-0.2, 0) is 42.2 Å². The molecule has 39 heavy (non-hydrogen) atoms. The number of likely N-dealkylation sites (tertiary alicyclic amines) is 1. The topological polar surface area (TPSA) is 168 Å². The van der Waals surface area contributed by atoms with Gasteiger partial charge in [0.25, 0.3) is 5.91 Å². The third-order valence-electron chi connectivity index (χ3n) is 7.76. The second-order valence-electron chi connectivity index (χ2n) is 10.4. The minimum atomic E-state index is -3.85. The Morgan fingerprint density at radius 1 is 1.23 bits per heavy atom. The van der Waals surface area contributed by atoms with E-state index in [0.29, 0.717) is 24.0 Å². The summed E-state index contributed by atoms with van der Waals surface area (Å²) in [6.07, 6.45) is 0.903. The van der Waals surface area contributed by atoms with E-state index in [-0.39, 0.29) is 32.5 Å². The first kappa shape index (κ1) is 27.1. The van der Waals surface area contributed by atoms with Crippen LogP contribution < -0.4 is 15.8 Å². The van der Waals surface area contributed by atoms with Crippen molar-refractivity contribution in [2.45, 2.75) is 61.7 Å². The zero-order valence-corrected chi connectivity index (χ0v) is 21.9. The molecule has 210 valence electrons. The zero-order chi connectivity index (χ0) is 28.1. The standard InChI is InChI=1S/C25H30FN5O7S/c1-2-15-9-25(15,23(34)29-39(36,37)17-6-7-17)28-22(33)20-8-16(12-31(20)21(32)10-27)38-24(35)30-11-14-4-3-5-19(26)18(14)13-30/h2-5,15-17,20H,1,6-13,27H2,(H,28,33)(H,29,34). The highest BCUT2D eigenvalue weighted by molar-refractivity contribution is 7.91. The molecule has 1 saturated heterocycles. The highest BCUT2D eigenvalue weighted by atomic mass is 32.2. The van der Waals surface area contributed by atoms with E-state index in [1.165, 1.54) is 21.9 Å². The molecule has 2 aliphatic carbocycles. The molecule has 2 saturated carbocycles. The van der Waals surface area contributed by atoms with Gasteiger partial charge in [-0.1, -0.05) is 18.2 Å². The van der Waals surface area contributed by atoms with Gasteiger partial charge >= 0.3 is 6.09 Å². The van der Waals surface area contributed by atoms with Gasteiger partial charge in [-0.3, -0.25) is 24.0 Å². The van der Waals surface area contributed by atoms with Crippen molar-refractivity contribution < 1.29 is 36.7 Å². The summed E-state index contributed by atoms with van der Waals surface area (Å²) in [5, 5.41) is 2.01. The summed E-state index contributed by atoms with van der Waals surface area (Å²) in [5.41, 5.74) is 5.10. The van der Waals surface area contributed by atoms with Crippen LogP contribution in [0.25, 0.3) is 0 Å². The van der Waals surface area contributed by atoms with E-state index < -0.39 is 75.1 Å². The maximum absolute atomic E-state index is 14.1. The predicted molar refractivity (Wildman–Crippen MR) is 134 cm³/mol. The number of fused-ring (bicyclic) bond motifs is 1. The number of nitrogens with two attached hydrogens (primary N) is 1. The average molecular weight is 564 g/mol. The molecule has 2 aliphatic heterocycles. The van der Waals surface area contributed by atoms with Crippen LogP contribution >= 0.6 is 0 Å². The van der Waals surface area contributed by atoms with Gasteiger partial charge in [0.1, 0.15) is 23.5 Å². The van der Waals surface area contributed by atoms with Crippen molar-refractivity contribution >= 4 is 33.8 Å². The van der Waals surface area contributed by atoms with Crippen molar-refractivity contribution in [2.24, 2.45) is 11.7 Å². The number of carbonyl (C=O) groups is 4. The molecule has 12 nitrogen and oxygen atoms in total. The molecule has 5 rings (SSSR count). The Labute approximate surface area is 224 Å². The molecular formula is C25H30FN5O7S. The van der Waals surface area contributed by atoms with Crippen LogP contribution in [0.1, 0.15) is 36.8 Å². The molecule has 1 aromatic carbocycles. The maximum atomic E-state index is 14.1. The monoisotopic (exact) mass is 563 g/mol. The first-order chi connectivity index (χ1) is 18.5. The lowest BCUT2D eigenvalue weighted by molar-refractivity contribution is -0.138. The minimum absolute atomic E-state index is 0.0350. The summed E-state index contributed by atoms with van der Waals surface area (Å²) in [6, 6.07) is 3.49. The zero-order valence-electron chi connectivity index (χ0n) is 21.1. The Morgan fingerprint density at radius 3 is 2.59 bits per heavy atom. The molecule has 0 spiro atoms. The Morgan fingerprint density at radius 2 is 1.97 bits per heavy atom. The van der Waals surface area contributed by atoms with Gasteiger partial charge in [0.05, 0.1) is 24.9 Å². The molecule has 4 N–H and O–H groups in total. The molecule has 3 fully saturated rings. The number of nitrogens with zero attached hydrogens (tertiary/aromatic N) is 2. The number of hydrogen-bond acceptors (Lipinski definition) is 8. The number of benzene rings is 1. The van der Waals surface area contributed by atoms with Gasteiger partial charge in [0.2, 0.25) is 21.8 Å². The lowest BCUT2D eigenvalue weighted by atomic mass is 10.1. The molecular weight excluding hydrogens is 533 g/mol. The summed E-state index contributed by atoms with van der Waals surface area (Å²) >= 11 is 0. The third-order valence-corrected chi connectivity index (χ3v) is 9.58. The number of rotatable bonds is 8. The van der Waals surface area contributed by atoms with E-state index in [1.54, 1.807) is 12.1 Å². The average Bonchev–Trinajstić information content (AvgIpc) is 3.78. The van der Waals surface area contributed by atoms with E-state index in [1.807, 2.05) is 0 Å². The third kappa shape index (κ3) is 5.10. The number of carbonyl (C=O) groups excluding carboxylic acids is 4. The minimum Gasteiger partial charge on any atom is -0.444 e. The van der Waals surface area contributed by atoms with Gasteiger partial charge in [-0.05, 0) is 30.9 Å². The Bertz CT molecular complexity index is 1350. The number of hydrogen-bond donors (Lipinski definition) is 3. The number of sulfonamides is 1. The number of ether oxygens (including phenoxy) is 1. The van der Waals surface area contributed by atoms with Crippen LogP contribution in [0.4, 0.5) is 9.18 Å². The van der Waals surface area contributed by atoms with Crippen molar-refractivity contribution in [1.82, 2.24) is 19.8 Å². The maximum Gasteiger partial charge on any atom is 0.410 e.